The van der Waals surface area contributed by atoms with E-state index in [1.54, 1.807) is 6.92 Å². The second-order valence-electron chi connectivity index (χ2n) is 4.13. The Morgan fingerprint density at radius 3 is 2.76 bits per heavy atom. The molecule has 0 spiro atoms. The summed E-state index contributed by atoms with van der Waals surface area (Å²) in [5.74, 6) is 0.997. The van der Waals surface area contributed by atoms with E-state index in [-0.39, 0.29) is 0 Å². The minimum atomic E-state index is -3.12. The first-order chi connectivity index (χ1) is 7.95. The van der Waals surface area contributed by atoms with Crippen LogP contribution in [0.1, 0.15) is 37.2 Å². The molecule has 0 bridgehead atoms. The molecule has 0 aliphatic heterocycles. The van der Waals surface area contributed by atoms with E-state index < -0.39 is 15.1 Å². The molecule has 6 heteroatoms. The maximum absolute atomic E-state index is 11.3. The van der Waals surface area contributed by atoms with E-state index in [4.69, 9.17) is 4.42 Å². The summed E-state index contributed by atoms with van der Waals surface area (Å²) in [6.45, 7) is 5.47. The van der Waals surface area contributed by atoms with Gasteiger partial charge in [-0.3, -0.25) is 0 Å². The number of hydrogen-bond donors (Lipinski definition) is 1. The van der Waals surface area contributed by atoms with Crippen molar-refractivity contribution >= 4 is 9.84 Å². The number of hydrogen-bond acceptors (Lipinski definition) is 5. The zero-order valence-electron chi connectivity index (χ0n) is 10.6. The van der Waals surface area contributed by atoms with Gasteiger partial charge in [-0.05, 0) is 19.9 Å². The second-order valence-corrected chi connectivity index (χ2v) is 6.49. The van der Waals surface area contributed by atoms with Crippen LogP contribution >= 0.6 is 0 Å². The first-order valence-corrected chi connectivity index (χ1v) is 7.74. The predicted octanol–water partition coefficient (Wildman–Crippen LogP) is 1.32. The topological polar surface area (TPSA) is 72.2 Å². The van der Waals surface area contributed by atoms with Gasteiger partial charge in [-0.15, -0.1) is 0 Å². The van der Waals surface area contributed by atoms with E-state index in [9.17, 15) is 8.42 Å². The van der Waals surface area contributed by atoms with Crippen molar-refractivity contribution in [2.75, 3.05) is 19.3 Å². The van der Waals surface area contributed by atoms with Crippen molar-refractivity contribution in [3.63, 3.8) is 0 Å². The number of sulfone groups is 1. The molecular formula is C11H20N2O3S. The van der Waals surface area contributed by atoms with Crippen LogP contribution in [0, 0.1) is 0 Å². The maximum Gasteiger partial charge on any atom is 0.195 e. The summed E-state index contributed by atoms with van der Waals surface area (Å²) in [4.78, 5) is 4.08. The number of nitrogens with zero attached hydrogens (tertiary/aromatic N) is 1. The summed E-state index contributed by atoms with van der Waals surface area (Å²) in [7, 11) is -3.12. The molecule has 1 aromatic rings. The quantitative estimate of drug-likeness (QED) is 0.749. The van der Waals surface area contributed by atoms with Crippen molar-refractivity contribution in [3.8, 4) is 0 Å². The average Bonchev–Trinajstić information content (AvgIpc) is 2.70. The minimum absolute atomic E-state index is 0.415. The number of aromatic nitrogens is 1. The highest BCUT2D eigenvalue weighted by Crippen LogP contribution is 2.21. The van der Waals surface area contributed by atoms with Crippen LogP contribution in [0.2, 0.25) is 0 Å². The Morgan fingerprint density at radius 1 is 1.47 bits per heavy atom. The third-order valence-corrected chi connectivity index (χ3v) is 4.07. The molecule has 0 saturated heterocycles. The molecule has 1 aromatic heterocycles. The van der Waals surface area contributed by atoms with Gasteiger partial charge in [0, 0.05) is 19.2 Å². The molecular weight excluding hydrogens is 240 g/mol. The summed E-state index contributed by atoms with van der Waals surface area (Å²) in [6.07, 6.45) is 4.46. The van der Waals surface area contributed by atoms with Crippen LogP contribution in [0.5, 0.6) is 0 Å². The monoisotopic (exact) mass is 260 g/mol. The number of nitrogens with one attached hydrogen (secondary N) is 1. The highest BCUT2D eigenvalue weighted by atomic mass is 32.2. The molecule has 0 aliphatic rings. The van der Waals surface area contributed by atoms with Gasteiger partial charge in [0.2, 0.25) is 0 Å². The van der Waals surface area contributed by atoms with Crippen molar-refractivity contribution in [3.05, 3.63) is 17.8 Å². The molecule has 0 fully saturated rings. The van der Waals surface area contributed by atoms with Gasteiger partial charge in [0.15, 0.2) is 15.7 Å². The van der Waals surface area contributed by atoms with Gasteiger partial charge in [0.25, 0.3) is 0 Å². The molecule has 17 heavy (non-hydrogen) atoms. The van der Waals surface area contributed by atoms with Crippen molar-refractivity contribution in [1.29, 1.82) is 0 Å². The van der Waals surface area contributed by atoms with Crippen molar-refractivity contribution in [2.45, 2.75) is 31.9 Å². The Bertz CT molecular complexity index is 439. The molecule has 1 rings (SSSR count). The highest BCUT2D eigenvalue weighted by Gasteiger charge is 2.21. The fourth-order valence-electron chi connectivity index (χ4n) is 1.34. The van der Waals surface area contributed by atoms with Crippen LogP contribution in [0.25, 0.3) is 0 Å². The van der Waals surface area contributed by atoms with Gasteiger partial charge in [0.05, 0.1) is 6.20 Å². The zero-order chi connectivity index (χ0) is 12.9. The molecule has 98 valence electrons. The molecule has 0 aromatic carbocycles. The third-order valence-electron chi connectivity index (χ3n) is 2.56. The molecule has 0 aliphatic carbocycles. The molecule has 0 amide bonds. The van der Waals surface area contributed by atoms with Crippen LogP contribution in [0.15, 0.2) is 10.6 Å². The lowest BCUT2D eigenvalue weighted by molar-refractivity contribution is 0.445. The molecule has 1 atom stereocenters. The fourth-order valence-corrected chi connectivity index (χ4v) is 1.87. The van der Waals surface area contributed by atoms with Crippen LogP contribution < -0.4 is 5.32 Å². The second kappa shape index (κ2) is 6.16. The van der Waals surface area contributed by atoms with E-state index >= 15 is 0 Å². The highest BCUT2D eigenvalue weighted by molar-refractivity contribution is 7.90. The SMILES string of the molecule is CCCNCCc1ncc(C(C)S(C)(=O)=O)o1. The minimum Gasteiger partial charge on any atom is -0.444 e. The molecule has 0 radical (unpaired) electrons. The zero-order valence-corrected chi connectivity index (χ0v) is 11.4. The van der Waals surface area contributed by atoms with Gasteiger partial charge in [0.1, 0.15) is 11.0 Å². The largest absolute Gasteiger partial charge is 0.444 e. The number of oxazole rings is 1. The maximum atomic E-state index is 11.3. The van der Waals surface area contributed by atoms with Gasteiger partial charge in [-0.1, -0.05) is 6.92 Å². The third kappa shape index (κ3) is 4.47. The Balaban J connectivity index is 2.54. The fraction of sp³-hybridized carbons (Fsp3) is 0.727. The van der Waals surface area contributed by atoms with E-state index in [1.807, 2.05) is 0 Å². The Kier molecular flexibility index (Phi) is 5.14. The average molecular weight is 260 g/mol. The standard InChI is InChI=1S/C11H20N2O3S/c1-4-6-12-7-5-11-13-8-10(16-11)9(2)17(3,14)15/h8-9,12H,4-7H2,1-3H3. The van der Waals surface area contributed by atoms with Gasteiger partial charge >= 0.3 is 0 Å². The Labute approximate surface area is 103 Å². The summed E-state index contributed by atoms with van der Waals surface area (Å²) < 4.78 is 28.1. The van der Waals surface area contributed by atoms with Gasteiger partial charge in [-0.25, -0.2) is 13.4 Å². The predicted molar refractivity (Wildman–Crippen MR) is 66.6 cm³/mol. The summed E-state index contributed by atoms with van der Waals surface area (Å²) in [6, 6.07) is 0. The van der Waals surface area contributed by atoms with E-state index in [2.05, 4.69) is 17.2 Å². The molecule has 1 N–H and O–H groups in total. The van der Waals surface area contributed by atoms with Crippen LogP contribution in [-0.2, 0) is 16.3 Å². The first kappa shape index (κ1) is 14.2. The lowest BCUT2D eigenvalue weighted by atomic mass is 10.4. The molecule has 5 nitrogen and oxygen atoms in total. The van der Waals surface area contributed by atoms with Crippen LogP contribution in [0.3, 0.4) is 0 Å². The molecule has 1 heterocycles. The summed E-state index contributed by atoms with van der Waals surface area (Å²) >= 11 is 0. The normalized spacial score (nSPS) is 13.8. The summed E-state index contributed by atoms with van der Waals surface area (Å²) in [5, 5.41) is 2.60. The number of rotatable bonds is 7. The van der Waals surface area contributed by atoms with E-state index in [0.29, 0.717) is 18.1 Å². The van der Waals surface area contributed by atoms with Crippen LogP contribution in [0.4, 0.5) is 0 Å². The Morgan fingerprint density at radius 2 is 2.18 bits per heavy atom. The van der Waals surface area contributed by atoms with E-state index in [1.165, 1.54) is 12.5 Å². The smallest absolute Gasteiger partial charge is 0.195 e. The van der Waals surface area contributed by atoms with Crippen molar-refractivity contribution in [2.24, 2.45) is 0 Å². The van der Waals surface area contributed by atoms with Gasteiger partial charge < -0.3 is 9.73 Å². The Hall–Kier alpha value is -0.880. The van der Waals surface area contributed by atoms with Gasteiger partial charge in [-0.2, -0.15) is 0 Å². The summed E-state index contributed by atoms with van der Waals surface area (Å²) in [5.41, 5.74) is 0. The first-order valence-electron chi connectivity index (χ1n) is 5.79. The van der Waals surface area contributed by atoms with E-state index in [0.717, 1.165) is 19.5 Å². The van der Waals surface area contributed by atoms with Crippen molar-refractivity contribution in [1.82, 2.24) is 10.3 Å². The molecule has 0 saturated carbocycles. The van der Waals surface area contributed by atoms with Crippen LogP contribution in [-0.4, -0.2) is 32.7 Å². The molecule has 1 unspecified atom stereocenters. The van der Waals surface area contributed by atoms with Crippen molar-refractivity contribution < 1.29 is 12.8 Å². The lowest BCUT2D eigenvalue weighted by Gasteiger charge is -2.04. The lowest BCUT2D eigenvalue weighted by Crippen LogP contribution is -2.17.